The topological polar surface area (TPSA) is 35.5 Å². The van der Waals surface area contributed by atoms with E-state index in [1.54, 1.807) is 19.1 Å². The summed E-state index contributed by atoms with van der Waals surface area (Å²) in [6.45, 7) is 2.06. The molecule has 20 heavy (non-hydrogen) atoms. The minimum Gasteiger partial charge on any atom is -0.494 e. The summed E-state index contributed by atoms with van der Waals surface area (Å²) in [5.41, 5.74) is 2.16. The zero-order valence-electron chi connectivity index (χ0n) is 11.4. The second-order valence-electron chi connectivity index (χ2n) is 4.13. The van der Waals surface area contributed by atoms with Crippen molar-refractivity contribution < 1.29 is 14.3 Å². The molecule has 2 aromatic carbocycles. The first-order valence-corrected chi connectivity index (χ1v) is 6.65. The highest BCUT2D eigenvalue weighted by Crippen LogP contribution is 2.34. The van der Waals surface area contributed by atoms with E-state index in [2.05, 4.69) is 0 Å². The van der Waals surface area contributed by atoms with Gasteiger partial charge < -0.3 is 9.47 Å². The second kappa shape index (κ2) is 6.44. The zero-order valence-corrected chi connectivity index (χ0v) is 12.1. The Bertz CT molecular complexity index is 609. The van der Waals surface area contributed by atoms with Gasteiger partial charge in [-0.3, -0.25) is 0 Å². The van der Waals surface area contributed by atoms with Crippen LogP contribution in [0.1, 0.15) is 17.3 Å². The molecule has 0 fully saturated rings. The molecule has 0 saturated heterocycles. The van der Waals surface area contributed by atoms with Gasteiger partial charge in [0.15, 0.2) is 5.75 Å². The molecule has 104 valence electrons. The van der Waals surface area contributed by atoms with Crippen LogP contribution in [0.5, 0.6) is 5.75 Å². The van der Waals surface area contributed by atoms with Crippen LogP contribution in [0.25, 0.3) is 11.1 Å². The summed E-state index contributed by atoms with van der Waals surface area (Å²) < 4.78 is 10.2. The van der Waals surface area contributed by atoms with E-state index in [1.165, 1.54) is 7.11 Å². The monoisotopic (exact) mass is 290 g/mol. The number of ether oxygens (including phenoxy) is 2. The minimum absolute atomic E-state index is 0.301. The summed E-state index contributed by atoms with van der Waals surface area (Å²) in [5.74, 6) is -0.103. The number of carbonyl (C=O) groups is 1. The maximum absolute atomic E-state index is 12.0. The Kier molecular flexibility index (Phi) is 4.64. The van der Waals surface area contributed by atoms with Gasteiger partial charge in [0.2, 0.25) is 0 Å². The van der Waals surface area contributed by atoms with Gasteiger partial charge in [-0.2, -0.15) is 0 Å². The third-order valence-electron chi connectivity index (χ3n) is 2.85. The molecule has 0 unspecified atom stereocenters. The van der Waals surface area contributed by atoms with Crippen molar-refractivity contribution in [2.45, 2.75) is 6.92 Å². The third kappa shape index (κ3) is 2.94. The SMILES string of the molecule is CCOC(=O)c1cc(-c2ccccc2)cc(Cl)c1OC. The van der Waals surface area contributed by atoms with Crippen molar-refractivity contribution in [3.05, 3.63) is 53.1 Å². The molecule has 0 heterocycles. The lowest BCUT2D eigenvalue weighted by Crippen LogP contribution is -2.07. The first kappa shape index (κ1) is 14.4. The largest absolute Gasteiger partial charge is 0.494 e. The molecular formula is C16H15ClO3. The van der Waals surface area contributed by atoms with Crippen molar-refractivity contribution in [2.24, 2.45) is 0 Å². The Morgan fingerprint density at radius 2 is 1.85 bits per heavy atom. The molecule has 0 atom stereocenters. The fraction of sp³-hybridized carbons (Fsp3) is 0.188. The molecule has 0 aliphatic carbocycles. The van der Waals surface area contributed by atoms with Crippen LogP contribution in [-0.2, 0) is 4.74 Å². The Morgan fingerprint density at radius 3 is 2.45 bits per heavy atom. The molecule has 0 radical (unpaired) electrons. The molecule has 0 N–H and O–H groups in total. The average molecular weight is 291 g/mol. The first-order chi connectivity index (χ1) is 9.67. The summed E-state index contributed by atoms with van der Waals surface area (Å²) in [5, 5.41) is 0.386. The summed E-state index contributed by atoms with van der Waals surface area (Å²) in [6.07, 6.45) is 0. The van der Waals surface area contributed by atoms with Gasteiger partial charge in [0.05, 0.1) is 18.7 Å². The van der Waals surface area contributed by atoms with Crippen LogP contribution in [0.4, 0.5) is 0 Å². The molecule has 3 nitrogen and oxygen atoms in total. The van der Waals surface area contributed by atoms with Crippen LogP contribution in [0.15, 0.2) is 42.5 Å². The van der Waals surface area contributed by atoms with Crippen LogP contribution >= 0.6 is 11.6 Å². The van der Waals surface area contributed by atoms with Crippen molar-refractivity contribution >= 4 is 17.6 Å². The van der Waals surface area contributed by atoms with Gasteiger partial charge in [-0.1, -0.05) is 41.9 Å². The second-order valence-corrected chi connectivity index (χ2v) is 4.53. The smallest absolute Gasteiger partial charge is 0.341 e. The Labute approximate surface area is 123 Å². The molecule has 2 rings (SSSR count). The van der Waals surface area contributed by atoms with E-state index in [9.17, 15) is 4.79 Å². The quantitative estimate of drug-likeness (QED) is 0.792. The number of benzene rings is 2. The van der Waals surface area contributed by atoms with E-state index in [1.807, 2.05) is 30.3 Å². The summed E-state index contributed by atoms with van der Waals surface area (Å²) in [6, 6.07) is 13.2. The van der Waals surface area contributed by atoms with E-state index < -0.39 is 5.97 Å². The predicted octanol–water partition coefficient (Wildman–Crippen LogP) is 4.19. The number of methoxy groups -OCH3 is 1. The number of halogens is 1. The minimum atomic E-state index is -0.441. The van der Waals surface area contributed by atoms with Gasteiger partial charge in [0.1, 0.15) is 5.56 Å². The van der Waals surface area contributed by atoms with Gasteiger partial charge in [-0.25, -0.2) is 4.79 Å². The molecule has 0 saturated carbocycles. The van der Waals surface area contributed by atoms with Crippen LogP contribution in [0.2, 0.25) is 5.02 Å². The lowest BCUT2D eigenvalue weighted by atomic mass is 10.0. The van der Waals surface area contributed by atoms with Gasteiger partial charge in [-0.05, 0) is 30.2 Å². The zero-order chi connectivity index (χ0) is 14.5. The highest BCUT2D eigenvalue weighted by Gasteiger charge is 2.18. The van der Waals surface area contributed by atoms with Crippen LogP contribution in [-0.4, -0.2) is 19.7 Å². The van der Waals surface area contributed by atoms with E-state index in [0.717, 1.165) is 11.1 Å². The van der Waals surface area contributed by atoms with Crippen molar-refractivity contribution in [2.75, 3.05) is 13.7 Å². The van der Waals surface area contributed by atoms with Gasteiger partial charge in [0.25, 0.3) is 0 Å². The predicted molar refractivity (Wildman–Crippen MR) is 79.4 cm³/mol. The van der Waals surface area contributed by atoms with E-state index in [-0.39, 0.29) is 0 Å². The number of hydrogen-bond donors (Lipinski definition) is 0. The van der Waals surface area contributed by atoms with Crippen molar-refractivity contribution in [1.82, 2.24) is 0 Å². The van der Waals surface area contributed by atoms with Crippen molar-refractivity contribution in [1.29, 1.82) is 0 Å². The first-order valence-electron chi connectivity index (χ1n) is 6.27. The lowest BCUT2D eigenvalue weighted by molar-refractivity contribution is 0.0523. The highest BCUT2D eigenvalue weighted by atomic mass is 35.5. The normalized spacial score (nSPS) is 10.2. The van der Waals surface area contributed by atoms with Gasteiger partial charge in [-0.15, -0.1) is 0 Å². The van der Waals surface area contributed by atoms with Crippen molar-refractivity contribution in [3.63, 3.8) is 0 Å². The molecule has 0 amide bonds. The number of esters is 1. The molecule has 4 heteroatoms. The Balaban J connectivity index is 2.54. The van der Waals surface area contributed by atoms with E-state index >= 15 is 0 Å². The number of rotatable bonds is 4. The number of carbonyl (C=O) groups excluding carboxylic acids is 1. The molecular weight excluding hydrogens is 276 g/mol. The van der Waals surface area contributed by atoms with Crippen LogP contribution in [0.3, 0.4) is 0 Å². The summed E-state index contributed by atoms with van der Waals surface area (Å²) in [4.78, 5) is 12.0. The van der Waals surface area contributed by atoms with E-state index in [4.69, 9.17) is 21.1 Å². The summed E-state index contributed by atoms with van der Waals surface area (Å²) in [7, 11) is 1.48. The van der Waals surface area contributed by atoms with Crippen molar-refractivity contribution in [3.8, 4) is 16.9 Å². The highest BCUT2D eigenvalue weighted by molar-refractivity contribution is 6.33. The molecule has 0 aliphatic heterocycles. The van der Waals surface area contributed by atoms with Crippen LogP contribution < -0.4 is 4.74 Å². The maximum Gasteiger partial charge on any atom is 0.341 e. The molecule has 0 bridgehead atoms. The van der Waals surface area contributed by atoms with E-state index in [0.29, 0.717) is 22.9 Å². The van der Waals surface area contributed by atoms with Crippen LogP contribution in [0, 0.1) is 0 Å². The lowest BCUT2D eigenvalue weighted by Gasteiger charge is -2.12. The number of hydrogen-bond acceptors (Lipinski definition) is 3. The fourth-order valence-corrected chi connectivity index (χ4v) is 2.26. The van der Waals surface area contributed by atoms with Gasteiger partial charge in [0, 0.05) is 0 Å². The van der Waals surface area contributed by atoms with Gasteiger partial charge >= 0.3 is 5.97 Å². The standard InChI is InChI=1S/C16H15ClO3/c1-3-20-16(18)13-9-12(10-14(17)15(13)19-2)11-7-5-4-6-8-11/h4-10H,3H2,1-2H3. The Morgan fingerprint density at radius 1 is 1.15 bits per heavy atom. The molecule has 0 aromatic heterocycles. The molecule has 0 spiro atoms. The maximum atomic E-state index is 12.0. The molecule has 2 aromatic rings. The average Bonchev–Trinajstić information content (AvgIpc) is 2.47. The molecule has 0 aliphatic rings. The fourth-order valence-electron chi connectivity index (χ4n) is 1.96. The third-order valence-corrected chi connectivity index (χ3v) is 3.13. The summed E-state index contributed by atoms with van der Waals surface area (Å²) >= 11 is 6.20. The Hall–Kier alpha value is -2.00.